The van der Waals surface area contributed by atoms with Gasteiger partial charge in [0.15, 0.2) is 0 Å². The second-order valence-corrected chi connectivity index (χ2v) is 7.48. The van der Waals surface area contributed by atoms with Crippen LogP contribution >= 0.6 is 11.6 Å². The Morgan fingerprint density at radius 3 is 2.79 bits per heavy atom. The van der Waals surface area contributed by atoms with E-state index < -0.39 is 12.1 Å². The number of nitrogens with one attached hydrogen (secondary N) is 2. The van der Waals surface area contributed by atoms with Gasteiger partial charge in [-0.05, 0) is 25.0 Å². The molecule has 2 aliphatic rings. The lowest BCUT2D eigenvalue weighted by atomic mass is 9.95. The molecule has 0 radical (unpaired) electrons. The molecule has 29 heavy (non-hydrogen) atoms. The smallest absolute Gasteiger partial charge is 0.322 e. The predicted octanol–water partition coefficient (Wildman–Crippen LogP) is 1.67. The Kier molecular flexibility index (Phi) is 6.44. The van der Waals surface area contributed by atoms with Gasteiger partial charge in [-0.25, -0.2) is 4.79 Å². The van der Waals surface area contributed by atoms with Gasteiger partial charge in [-0.1, -0.05) is 29.8 Å². The van der Waals surface area contributed by atoms with Gasteiger partial charge in [0.25, 0.3) is 5.91 Å². The fourth-order valence-electron chi connectivity index (χ4n) is 3.56. The first-order chi connectivity index (χ1) is 13.9. The first-order valence-corrected chi connectivity index (χ1v) is 9.84. The van der Waals surface area contributed by atoms with Crippen LogP contribution in [0.15, 0.2) is 35.5 Å². The van der Waals surface area contributed by atoms with Gasteiger partial charge in [0, 0.05) is 32.3 Å². The molecule has 9 heteroatoms. The second kappa shape index (κ2) is 8.84. The largest absolute Gasteiger partial charge is 0.385 e. The quantitative estimate of drug-likeness (QED) is 0.656. The van der Waals surface area contributed by atoms with Crippen molar-refractivity contribution in [2.24, 2.45) is 0 Å². The molecule has 2 unspecified atom stereocenters. The SMILES string of the molecule is COCCCNC(=O)C(C)N1CC2=C(C1=O)C(c1ccccc1Cl)NC(=O)N2C. The zero-order valence-electron chi connectivity index (χ0n) is 16.7. The highest BCUT2D eigenvalue weighted by Gasteiger charge is 2.45. The summed E-state index contributed by atoms with van der Waals surface area (Å²) in [4.78, 5) is 41.1. The van der Waals surface area contributed by atoms with E-state index in [0.29, 0.717) is 41.4 Å². The standard InChI is InChI=1S/C20H25ClN4O4/c1-12(18(26)22-9-6-10-29-3)25-11-15-16(19(25)27)17(23-20(28)24(15)2)13-7-4-5-8-14(13)21/h4-5,7-8,12,17H,6,9-11H2,1-3H3,(H,22,26)(H,23,28). The monoisotopic (exact) mass is 420 g/mol. The third kappa shape index (κ3) is 4.09. The molecule has 0 saturated heterocycles. The van der Waals surface area contributed by atoms with Crippen LogP contribution in [0.2, 0.25) is 5.02 Å². The molecule has 0 fully saturated rings. The summed E-state index contributed by atoms with van der Waals surface area (Å²) in [6.45, 7) is 2.88. The molecule has 2 aliphatic heterocycles. The van der Waals surface area contributed by atoms with Crippen LogP contribution in [-0.2, 0) is 14.3 Å². The molecule has 3 rings (SSSR count). The van der Waals surface area contributed by atoms with Crippen LogP contribution < -0.4 is 10.6 Å². The fraction of sp³-hybridized carbons (Fsp3) is 0.450. The number of urea groups is 1. The molecule has 0 saturated carbocycles. The van der Waals surface area contributed by atoms with Crippen LogP contribution in [0.4, 0.5) is 4.79 Å². The molecule has 0 spiro atoms. The Morgan fingerprint density at radius 2 is 2.10 bits per heavy atom. The zero-order chi connectivity index (χ0) is 21.1. The van der Waals surface area contributed by atoms with Crippen molar-refractivity contribution in [3.8, 4) is 0 Å². The summed E-state index contributed by atoms with van der Waals surface area (Å²) in [6.07, 6.45) is 0.688. The van der Waals surface area contributed by atoms with Crippen molar-refractivity contribution in [1.29, 1.82) is 0 Å². The molecular formula is C20H25ClN4O4. The minimum Gasteiger partial charge on any atom is -0.385 e. The van der Waals surface area contributed by atoms with E-state index in [4.69, 9.17) is 16.3 Å². The van der Waals surface area contributed by atoms with Crippen LogP contribution in [0, 0.1) is 0 Å². The summed E-state index contributed by atoms with van der Waals surface area (Å²) in [5, 5.41) is 6.13. The van der Waals surface area contributed by atoms with E-state index in [1.807, 2.05) is 0 Å². The Bertz CT molecular complexity index is 857. The van der Waals surface area contributed by atoms with E-state index in [9.17, 15) is 14.4 Å². The number of ether oxygens (including phenoxy) is 1. The van der Waals surface area contributed by atoms with E-state index >= 15 is 0 Å². The van der Waals surface area contributed by atoms with Crippen molar-refractivity contribution >= 4 is 29.4 Å². The number of carbonyl (C=O) groups excluding carboxylic acids is 3. The maximum absolute atomic E-state index is 13.3. The van der Waals surface area contributed by atoms with Gasteiger partial charge in [-0.15, -0.1) is 0 Å². The molecule has 0 aromatic heterocycles. The molecule has 1 aromatic carbocycles. The first-order valence-electron chi connectivity index (χ1n) is 9.46. The number of carbonyl (C=O) groups is 3. The minimum absolute atomic E-state index is 0.186. The normalized spacial score (nSPS) is 19.9. The van der Waals surface area contributed by atoms with E-state index in [2.05, 4.69) is 10.6 Å². The van der Waals surface area contributed by atoms with Crippen LogP contribution in [0.5, 0.6) is 0 Å². The summed E-state index contributed by atoms with van der Waals surface area (Å²) in [5.74, 6) is -0.526. The molecule has 156 valence electrons. The lowest BCUT2D eigenvalue weighted by Crippen LogP contribution is -2.47. The number of rotatable bonds is 7. The second-order valence-electron chi connectivity index (χ2n) is 7.07. The third-order valence-corrected chi connectivity index (χ3v) is 5.62. The highest BCUT2D eigenvalue weighted by molar-refractivity contribution is 6.31. The van der Waals surface area contributed by atoms with Gasteiger partial charge >= 0.3 is 6.03 Å². The number of methoxy groups -OCH3 is 1. The number of amides is 4. The maximum atomic E-state index is 13.3. The van der Waals surface area contributed by atoms with E-state index in [0.717, 1.165) is 0 Å². The van der Waals surface area contributed by atoms with E-state index in [-0.39, 0.29) is 24.4 Å². The summed E-state index contributed by atoms with van der Waals surface area (Å²) in [6, 6.07) is 5.44. The number of likely N-dealkylation sites (N-methyl/N-ethyl adjacent to an activating group) is 1. The Hall–Kier alpha value is -2.58. The lowest BCUT2D eigenvalue weighted by molar-refractivity contribution is -0.135. The van der Waals surface area contributed by atoms with E-state index in [1.165, 1.54) is 9.80 Å². The minimum atomic E-state index is -0.675. The number of halogens is 1. The van der Waals surface area contributed by atoms with Crippen LogP contribution in [0.25, 0.3) is 0 Å². The molecule has 8 nitrogen and oxygen atoms in total. The van der Waals surface area contributed by atoms with Crippen LogP contribution in [0.3, 0.4) is 0 Å². The van der Waals surface area contributed by atoms with Crippen molar-refractivity contribution in [3.63, 3.8) is 0 Å². The number of benzene rings is 1. The Labute approximate surface area is 174 Å². The van der Waals surface area contributed by atoms with Gasteiger partial charge < -0.3 is 20.3 Å². The van der Waals surface area contributed by atoms with Crippen molar-refractivity contribution in [1.82, 2.24) is 20.4 Å². The Morgan fingerprint density at radius 1 is 1.38 bits per heavy atom. The summed E-state index contributed by atoms with van der Waals surface area (Å²) in [5.41, 5.74) is 1.68. The summed E-state index contributed by atoms with van der Waals surface area (Å²) >= 11 is 6.33. The summed E-state index contributed by atoms with van der Waals surface area (Å²) < 4.78 is 4.97. The van der Waals surface area contributed by atoms with Gasteiger partial charge in [-0.2, -0.15) is 0 Å². The molecule has 2 atom stereocenters. The van der Waals surface area contributed by atoms with Gasteiger partial charge in [-0.3, -0.25) is 14.5 Å². The van der Waals surface area contributed by atoms with Gasteiger partial charge in [0.1, 0.15) is 6.04 Å². The zero-order valence-corrected chi connectivity index (χ0v) is 17.5. The summed E-state index contributed by atoms with van der Waals surface area (Å²) in [7, 11) is 3.21. The Balaban J connectivity index is 1.83. The average molecular weight is 421 g/mol. The number of nitrogens with zero attached hydrogens (tertiary/aromatic N) is 2. The fourth-order valence-corrected chi connectivity index (χ4v) is 3.81. The van der Waals surface area contributed by atoms with Crippen molar-refractivity contribution < 1.29 is 19.1 Å². The number of hydrogen-bond donors (Lipinski definition) is 2. The predicted molar refractivity (Wildman–Crippen MR) is 108 cm³/mol. The van der Waals surface area contributed by atoms with Crippen molar-refractivity contribution in [2.45, 2.75) is 25.4 Å². The molecule has 4 amide bonds. The van der Waals surface area contributed by atoms with E-state index in [1.54, 1.807) is 45.3 Å². The van der Waals surface area contributed by atoms with Crippen molar-refractivity contribution in [3.05, 3.63) is 46.1 Å². The van der Waals surface area contributed by atoms with Crippen LogP contribution in [-0.4, -0.2) is 67.5 Å². The highest BCUT2D eigenvalue weighted by atomic mass is 35.5. The molecule has 2 N–H and O–H groups in total. The molecule has 2 heterocycles. The average Bonchev–Trinajstić information content (AvgIpc) is 3.05. The first kappa shape index (κ1) is 21.1. The lowest BCUT2D eigenvalue weighted by Gasteiger charge is -2.31. The van der Waals surface area contributed by atoms with Crippen LogP contribution in [0.1, 0.15) is 24.9 Å². The molecule has 0 aliphatic carbocycles. The van der Waals surface area contributed by atoms with Crippen molar-refractivity contribution in [2.75, 3.05) is 33.9 Å². The molecule has 1 aromatic rings. The molecular weight excluding hydrogens is 396 g/mol. The van der Waals surface area contributed by atoms with Gasteiger partial charge in [0.2, 0.25) is 5.91 Å². The maximum Gasteiger partial charge on any atom is 0.322 e. The highest BCUT2D eigenvalue weighted by Crippen LogP contribution is 2.38. The molecule has 0 bridgehead atoms. The number of hydrogen-bond acceptors (Lipinski definition) is 4. The van der Waals surface area contributed by atoms with Gasteiger partial charge in [0.05, 0.1) is 23.9 Å². The topological polar surface area (TPSA) is 91.0 Å². The third-order valence-electron chi connectivity index (χ3n) is 5.28.